The molecule has 9 heteroatoms. The Morgan fingerprint density at radius 3 is 2.70 bits per heavy atom. The van der Waals surface area contributed by atoms with Crippen molar-refractivity contribution in [2.75, 3.05) is 23.4 Å². The maximum Gasteiger partial charge on any atom is 0.224 e. The summed E-state index contributed by atoms with van der Waals surface area (Å²) in [6.07, 6.45) is 2.11. The van der Waals surface area contributed by atoms with Crippen molar-refractivity contribution in [1.82, 2.24) is 9.97 Å². The van der Waals surface area contributed by atoms with Gasteiger partial charge in [0.15, 0.2) is 11.6 Å². The largest absolute Gasteiger partial charge is 0.503 e. The molecule has 0 radical (unpaired) electrons. The van der Waals surface area contributed by atoms with Crippen LogP contribution in [-0.4, -0.2) is 52.8 Å². The molecule has 20 heavy (non-hydrogen) atoms. The zero-order valence-electron chi connectivity index (χ0n) is 10.7. The van der Waals surface area contributed by atoms with Crippen molar-refractivity contribution in [2.45, 2.75) is 18.9 Å². The van der Waals surface area contributed by atoms with Gasteiger partial charge in [-0.05, 0) is 30.4 Å². The molecule has 1 aromatic rings. The topological polar surface area (TPSA) is 112 Å². The zero-order chi connectivity index (χ0) is 14.8. The monoisotopic (exact) mass is 321 g/mol. The van der Waals surface area contributed by atoms with Crippen LogP contribution in [0.15, 0.2) is 6.20 Å². The predicted octanol–water partition coefficient (Wildman–Crippen LogP) is 0.433. The molecule has 112 valence electrons. The van der Waals surface area contributed by atoms with Crippen LogP contribution in [0.2, 0.25) is 5.28 Å². The summed E-state index contributed by atoms with van der Waals surface area (Å²) in [6, 6.07) is -0.387. The molecule has 1 unspecified atom stereocenters. The lowest BCUT2D eigenvalue weighted by atomic mass is 9.94. The molecule has 0 aliphatic carbocycles. The van der Waals surface area contributed by atoms with Crippen LogP contribution in [0.5, 0.6) is 5.75 Å². The summed E-state index contributed by atoms with van der Waals surface area (Å²) in [7, 11) is -2.95. The summed E-state index contributed by atoms with van der Waals surface area (Å²) in [4.78, 5) is 7.47. The molecular formula is C11H16ClN3O4S. The molecule has 1 aromatic heterocycles. The fourth-order valence-corrected chi connectivity index (χ4v) is 3.92. The number of hydrogen-bond acceptors (Lipinski definition) is 7. The number of aromatic nitrogens is 2. The summed E-state index contributed by atoms with van der Waals surface area (Å²) < 4.78 is 22.8. The average Bonchev–Trinajstić information content (AvgIpc) is 2.40. The number of nitrogens with one attached hydrogen (secondary N) is 1. The van der Waals surface area contributed by atoms with Crippen LogP contribution < -0.4 is 5.32 Å². The van der Waals surface area contributed by atoms with Crippen LogP contribution in [0.3, 0.4) is 0 Å². The van der Waals surface area contributed by atoms with E-state index in [1.807, 2.05) is 0 Å². The van der Waals surface area contributed by atoms with Crippen molar-refractivity contribution in [2.24, 2.45) is 5.92 Å². The van der Waals surface area contributed by atoms with E-state index in [-0.39, 0.29) is 46.9 Å². The molecule has 0 bridgehead atoms. The Hall–Kier alpha value is -1.12. The first-order chi connectivity index (χ1) is 9.41. The molecule has 0 spiro atoms. The van der Waals surface area contributed by atoms with Crippen molar-refractivity contribution >= 4 is 27.3 Å². The summed E-state index contributed by atoms with van der Waals surface area (Å²) in [6.45, 7) is -0.189. The number of aliphatic hydroxyl groups is 1. The third-order valence-electron chi connectivity index (χ3n) is 3.43. The van der Waals surface area contributed by atoms with E-state index in [0.29, 0.717) is 12.8 Å². The van der Waals surface area contributed by atoms with Crippen molar-refractivity contribution in [3.63, 3.8) is 0 Å². The van der Waals surface area contributed by atoms with Gasteiger partial charge in [-0.3, -0.25) is 0 Å². The van der Waals surface area contributed by atoms with E-state index >= 15 is 0 Å². The molecule has 7 nitrogen and oxygen atoms in total. The minimum atomic E-state index is -2.95. The van der Waals surface area contributed by atoms with Crippen molar-refractivity contribution in [3.8, 4) is 5.75 Å². The molecule has 0 aromatic carbocycles. The van der Waals surface area contributed by atoms with Gasteiger partial charge < -0.3 is 15.5 Å². The Labute approximate surface area is 121 Å². The number of nitrogens with zero attached hydrogens (tertiary/aromatic N) is 2. The zero-order valence-corrected chi connectivity index (χ0v) is 12.2. The van der Waals surface area contributed by atoms with E-state index < -0.39 is 9.84 Å². The van der Waals surface area contributed by atoms with Crippen LogP contribution >= 0.6 is 11.6 Å². The van der Waals surface area contributed by atoms with Crippen LogP contribution in [0, 0.1) is 5.92 Å². The Kier molecular flexibility index (Phi) is 4.66. The number of aliphatic hydroxyl groups excluding tert-OH is 1. The molecule has 1 saturated heterocycles. The highest BCUT2D eigenvalue weighted by molar-refractivity contribution is 7.91. The fraction of sp³-hybridized carbons (Fsp3) is 0.636. The number of halogens is 1. The quantitative estimate of drug-likeness (QED) is 0.689. The third-order valence-corrected chi connectivity index (χ3v) is 5.32. The van der Waals surface area contributed by atoms with Crippen LogP contribution in [0.25, 0.3) is 0 Å². The Morgan fingerprint density at radius 2 is 2.10 bits per heavy atom. The third kappa shape index (κ3) is 3.71. The second-order valence-corrected chi connectivity index (χ2v) is 7.44. The number of hydrogen-bond donors (Lipinski definition) is 3. The minimum Gasteiger partial charge on any atom is -0.503 e. The number of sulfone groups is 1. The Balaban J connectivity index is 2.08. The maximum atomic E-state index is 11.4. The van der Waals surface area contributed by atoms with E-state index in [9.17, 15) is 18.6 Å². The van der Waals surface area contributed by atoms with Gasteiger partial charge in [-0.2, -0.15) is 4.98 Å². The van der Waals surface area contributed by atoms with Crippen molar-refractivity contribution in [3.05, 3.63) is 11.5 Å². The minimum absolute atomic E-state index is 0.00309. The van der Waals surface area contributed by atoms with Crippen molar-refractivity contribution < 1.29 is 18.6 Å². The Bertz CT molecular complexity index is 567. The van der Waals surface area contributed by atoms with Gasteiger partial charge in [0.1, 0.15) is 9.84 Å². The molecule has 2 heterocycles. The number of anilines is 1. The van der Waals surface area contributed by atoms with Gasteiger partial charge in [-0.25, -0.2) is 13.4 Å². The smallest absolute Gasteiger partial charge is 0.224 e. The number of aromatic hydroxyl groups is 1. The predicted molar refractivity (Wildman–Crippen MR) is 74.6 cm³/mol. The average molecular weight is 322 g/mol. The Morgan fingerprint density at radius 1 is 1.45 bits per heavy atom. The maximum absolute atomic E-state index is 11.4. The molecule has 1 aliphatic rings. The van der Waals surface area contributed by atoms with Crippen LogP contribution in [-0.2, 0) is 9.84 Å². The first-order valence-corrected chi connectivity index (χ1v) is 8.40. The van der Waals surface area contributed by atoms with E-state index in [2.05, 4.69) is 15.3 Å². The van der Waals surface area contributed by atoms with Gasteiger partial charge in [0.2, 0.25) is 5.28 Å². The molecule has 1 aliphatic heterocycles. The van der Waals surface area contributed by atoms with Gasteiger partial charge in [-0.1, -0.05) is 0 Å². The molecule has 2 rings (SSSR count). The van der Waals surface area contributed by atoms with Crippen molar-refractivity contribution in [1.29, 1.82) is 0 Å². The van der Waals surface area contributed by atoms with E-state index in [0.717, 1.165) is 6.20 Å². The molecular weight excluding hydrogens is 306 g/mol. The summed E-state index contributed by atoms with van der Waals surface area (Å²) in [5, 5.41) is 22.0. The fourth-order valence-electron chi connectivity index (χ4n) is 2.26. The normalized spacial score (nSPS) is 20.5. The van der Waals surface area contributed by atoms with Gasteiger partial charge in [0.25, 0.3) is 0 Å². The SMILES string of the molecule is O=S1(=O)CCC(C(CO)Nc2nc(Cl)ncc2O)CC1. The first-order valence-electron chi connectivity index (χ1n) is 6.20. The van der Waals surface area contributed by atoms with Crippen LogP contribution in [0.4, 0.5) is 5.82 Å². The number of rotatable bonds is 4. The van der Waals surface area contributed by atoms with E-state index in [1.54, 1.807) is 0 Å². The molecule has 3 N–H and O–H groups in total. The van der Waals surface area contributed by atoms with E-state index in [1.165, 1.54) is 0 Å². The lowest BCUT2D eigenvalue weighted by Crippen LogP contribution is -2.38. The second kappa shape index (κ2) is 6.11. The van der Waals surface area contributed by atoms with E-state index in [4.69, 9.17) is 11.6 Å². The lowest BCUT2D eigenvalue weighted by Gasteiger charge is -2.30. The summed E-state index contributed by atoms with van der Waals surface area (Å²) >= 11 is 5.65. The highest BCUT2D eigenvalue weighted by Crippen LogP contribution is 2.27. The summed E-state index contributed by atoms with van der Waals surface area (Å²) in [5.41, 5.74) is 0. The summed E-state index contributed by atoms with van der Waals surface area (Å²) in [5.74, 6) is 0.198. The highest BCUT2D eigenvalue weighted by Gasteiger charge is 2.29. The molecule has 1 fully saturated rings. The van der Waals surface area contributed by atoms with Gasteiger partial charge in [0.05, 0.1) is 30.4 Å². The second-order valence-electron chi connectivity index (χ2n) is 4.80. The van der Waals surface area contributed by atoms with Gasteiger partial charge >= 0.3 is 0 Å². The van der Waals surface area contributed by atoms with Crippen LogP contribution in [0.1, 0.15) is 12.8 Å². The molecule has 0 amide bonds. The van der Waals surface area contributed by atoms with Gasteiger partial charge in [0, 0.05) is 0 Å². The first kappa shape index (κ1) is 15.3. The molecule has 0 saturated carbocycles. The molecule has 1 atom stereocenters. The van der Waals surface area contributed by atoms with Gasteiger partial charge in [-0.15, -0.1) is 0 Å². The lowest BCUT2D eigenvalue weighted by molar-refractivity contribution is 0.229. The standard InChI is InChI=1S/C11H16ClN3O4S/c12-11-13-5-9(17)10(15-11)14-8(6-16)7-1-3-20(18,19)4-2-7/h5,7-8,16-17H,1-4,6H2,(H,13,14,15). The highest BCUT2D eigenvalue weighted by atomic mass is 35.5.